The van der Waals surface area contributed by atoms with Crippen LogP contribution >= 0.6 is 0 Å². The highest BCUT2D eigenvalue weighted by atomic mass is 16.8. The third-order valence-electron chi connectivity index (χ3n) is 2.41. The van der Waals surface area contributed by atoms with Gasteiger partial charge >= 0.3 is 0 Å². The summed E-state index contributed by atoms with van der Waals surface area (Å²) in [5.74, 6) is 0.114. The van der Waals surface area contributed by atoms with Gasteiger partial charge in [-0.25, -0.2) is 0 Å². The van der Waals surface area contributed by atoms with Gasteiger partial charge in [-0.05, 0) is 26.7 Å². The van der Waals surface area contributed by atoms with Crippen LogP contribution in [-0.4, -0.2) is 18.0 Å². The minimum atomic E-state index is -0.390. The van der Waals surface area contributed by atoms with Gasteiger partial charge in [-0.1, -0.05) is 13.8 Å². The Morgan fingerprint density at radius 3 is 1.91 bits per heavy atom. The summed E-state index contributed by atoms with van der Waals surface area (Å²) in [7, 11) is 0. The van der Waals surface area contributed by atoms with Gasteiger partial charge in [-0.2, -0.15) is 0 Å². The fourth-order valence-electron chi connectivity index (χ4n) is 1.22. The molecule has 1 saturated heterocycles. The Bertz CT molecular complexity index is 152. The van der Waals surface area contributed by atoms with Crippen molar-refractivity contribution in [2.75, 3.05) is 6.61 Å². The van der Waals surface area contributed by atoms with E-state index in [9.17, 15) is 0 Å². The SMILES string of the molecule is CC(C)C1(C)COC(C)(C)O1. The summed E-state index contributed by atoms with van der Waals surface area (Å²) in [6, 6.07) is 0. The second-order valence-corrected chi connectivity index (χ2v) is 4.26. The summed E-state index contributed by atoms with van der Waals surface area (Å²) in [4.78, 5) is 0. The highest BCUT2D eigenvalue weighted by molar-refractivity contribution is 4.86. The maximum Gasteiger partial charge on any atom is 0.163 e. The fraction of sp³-hybridized carbons (Fsp3) is 1.00. The molecule has 1 rings (SSSR count). The number of ether oxygens (including phenoxy) is 2. The molecule has 1 aliphatic rings. The molecule has 1 fully saturated rings. The minimum Gasteiger partial charge on any atom is -0.348 e. The van der Waals surface area contributed by atoms with Crippen molar-refractivity contribution in [2.45, 2.75) is 46.0 Å². The second-order valence-electron chi connectivity index (χ2n) is 4.26. The van der Waals surface area contributed by atoms with E-state index in [1.54, 1.807) is 0 Å². The van der Waals surface area contributed by atoms with Gasteiger partial charge in [-0.3, -0.25) is 0 Å². The Balaban J connectivity index is 2.65. The Labute approximate surface area is 68.9 Å². The molecule has 1 atom stereocenters. The van der Waals surface area contributed by atoms with E-state index in [4.69, 9.17) is 9.47 Å². The molecule has 0 amide bonds. The summed E-state index contributed by atoms with van der Waals surface area (Å²) >= 11 is 0. The van der Waals surface area contributed by atoms with Crippen LogP contribution in [0.25, 0.3) is 0 Å². The van der Waals surface area contributed by atoms with Crippen molar-refractivity contribution < 1.29 is 9.47 Å². The Hall–Kier alpha value is -0.0800. The van der Waals surface area contributed by atoms with E-state index in [2.05, 4.69) is 20.8 Å². The standard InChI is InChI=1S/C9H18O2/c1-7(2)9(5)6-10-8(3,4)11-9/h7H,6H2,1-5H3. The van der Waals surface area contributed by atoms with E-state index in [0.29, 0.717) is 12.5 Å². The molecule has 0 aromatic carbocycles. The molecule has 0 aromatic heterocycles. The van der Waals surface area contributed by atoms with E-state index in [0.717, 1.165) is 0 Å². The van der Waals surface area contributed by atoms with Gasteiger partial charge in [0.1, 0.15) is 0 Å². The highest BCUT2D eigenvalue weighted by Gasteiger charge is 2.43. The molecule has 1 heterocycles. The van der Waals surface area contributed by atoms with Crippen molar-refractivity contribution in [1.82, 2.24) is 0 Å². The maximum absolute atomic E-state index is 5.78. The fourth-order valence-corrected chi connectivity index (χ4v) is 1.22. The minimum absolute atomic E-state index is 0.0938. The zero-order valence-corrected chi connectivity index (χ0v) is 8.10. The van der Waals surface area contributed by atoms with Crippen LogP contribution in [0, 0.1) is 5.92 Å². The van der Waals surface area contributed by atoms with Gasteiger partial charge in [0.2, 0.25) is 0 Å². The first-order valence-corrected chi connectivity index (χ1v) is 4.20. The lowest BCUT2D eigenvalue weighted by Gasteiger charge is -2.28. The molecule has 0 radical (unpaired) electrons. The van der Waals surface area contributed by atoms with Crippen molar-refractivity contribution in [3.8, 4) is 0 Å². The van der Waals surface area contributed by atoms with Gasteiger partial charge in [0, 0.05) is 0 Å². The molecule has 0 N–H and O–H groups in total. The summed E-state index contributed by atoms with van der Waals surface area (Å²) < 4.78 is 11.3. The molecule has 1 aliphatic heterocycles. The molecule has 0 saturated carbocycles. The van der Waals surface area contributed by atoms with Crippen molar-refractivity contribution in [3.63, 3.8) is 0 Å². The molecule has 2 heteroatoms. The van der Waals surface area contributed by atoms with E-state index in [-0.39, 0.29) is 11.4 Å². The van der Waals surface area contributed by atoms with Crippen molar-refractivity contribution in [1.29, 1.82) is 0 Å². The van der Waals surface area contributed by atoms with Crippen molar-refractivity contribution in [3.05, 3.63) is 0 Å². The zero-order chi connectivity index (χ0) is 8.70. The van der Waals surface area contributed by atoms with Crippen LogP contribution in [0.15, 0.2) is 0 Å². The second kappa shape index (κ2) is 2.46. The first-order valence-electron chi connectivity index (χ1n) is 4.20. The van der Waals surface area contributed by atoms with Gasteiger partial charge in [0.25, 0.3) is 0 Å². The summed E-state index contributed by atoms with van der Waals surface area (Å²) in [5.41, 5.74) is -0.0938. The maximum atomic E-state index is 5.78. The van der Waals surface area contributed by atoms with Crippen LogP contribution in [0.4, 0.5) is 0 Å². The van der Waals surface area contributed by atoms with Crippen LogP contribution in [-0.2, 0) is 9.47 Å². The normalized spacial score (nSPS) is 36.5. The lowest BCUT2D eigenvalue weighted by atomic mass is 9.94. The lowest BCUT2D eigenvalue weighted by molar-refractivity contribution is -0.165. The highest BCUT2D eigenvalue weighted by Crippen LogP contribution is 2.35. The Kier molecular flexibility index (Phi) is 2.01. The van der Waals surface area contributed by atoms with Crippen LogP contribution in [0.5, 0.6) is 0 Å². The predicted molar refractivity (Wildman–Crippen MR) is 44.4 cm³/mol. The Morgan fingerprint density at radius 1 is 1.18 bits per heavy atom. The first-order chi connectivity index (χ1) is 4.86. The topological polar surface area (TPSA) is 18.5 Å². The van der Waals surface area contributed by atoms with Crippen LogP contribution in [0.1, 0.15) is 34.6 Å². The number of rotatable bonds is 1. The molecule has 0 aliphatic carbocycles. The largest absolute Gasteiger partial charge is 0.348 e. The monoisotopic (exact) mass is 158 g/mol. The van der Waals surface area contributed by atoms with Gasteiger partial charge in [0.05, 0.1) is 12.2 Å². The molecular formula is C9H18O2. The Morgan fingerprint density at radius 2 is 1.73 bits per heavy atom. The molecule has 2 nitrogen and oxygen atoms in total. The van der Waals surface area contributed by atoms with Crippen LogP contribution < -0.4 is 0 Å². The molecule has 0 bridgehead atoms. The van der Waals surface area contributed by atoms with E-state index < -0.39 is 0 Å². The zero-order valence-electron chi connectivity index (χ0n) is 8.10. The van der Waals surface area contributed by atoms with Gasteiger partial charge in [-0.15, -0.1) is 0 Å². The summed E-state index contributed by atoms with van der Waals surface area (Å²) in [6.07, 6.45) is 0. The molecule has 66 valence electrons. The first kappa shape index (κ1) is 9.01. The third kappa shape index (κ3) is 1.74. The average molecular weight is 158 g/mol. The van der Waals surface area contributed by atoms with Crippen LogP contribution in [0.2, 0.25) is 0 Å². The molecule has 0 spiro atoms. The molecule has 1 unspecified atom stereocenters. The number of hydrogen-bond acceptors (Lipinski definition) is 2. The molecule has 11 heavy (non-hydrogen) atoms. The number of hydrogen-bond donors (Lipinski definition) is 0. The summed E-state index contributed by atoms with van der Waals surface area (Å²) in [5, 5.41) is 0. The van der Waals surface area contributed by atoms with E-state index in [1.807, 2.05) is 13.8 Å². The van der Waals surface area contributed by atoms with Crippen molar-refractivity contribution >= 4 is 0 Å². The van der Waals surface area contributed by atoms with Crippen molar-refractivity contribution in [2.24, 2.45) is 5.92 Å². The van der Waals surface area contributed by atoms with Gasteiger partial charge < -0.3 is 9.47 Å². The lowest BCUT2D eigenvalue weighted by Crippen LogP contribution is -2.36. The summed E-state index contributed by atoms with van der Waals surface area (Å²) in [6.45, 7) is 11.0. The quantitative estimate of drug-likeness (QED) is 0.582. The third-order valence-corrected chi connectivity index (χ3v) is 2.41. The molecule has 0 aromatic rings. The average Bonchev–Trinajstić information content (AvgIpc) is 2.08. The smallest absolute Gasteiger partial charge is 0.163 e. The van der Waals surface area contributed by atoms with Gasteiger partial charge in [0.15, 0.2) is 5.79 Å². The predicted octanol–water partition coefficient (Wildman–Crippen LogP) is 2.18. The van der Waals surface area contributed by atoms with Crippen LogP contribution in [0.3, 0.4) is 0 Å². The van der Waals surface area contributed by atoms with E-state index >= 15 is 0 Å². The molecular weight excluding hydrogens is 140 g/mol. The van der Waals surface area contributed by atoms with E-state index in [1.165, 1.54) is 0 Å².